The fourth-order valence-electron chi connectivity index (χ4n) is 1.67. The van der Waals surface area contributed by atoms with E-state index in [2.05, 4.69) is 11.9 Å². The van der Waals surface area contributed by atoms with Crippen molar-refractivity contribution in [3.05, 3.63) is 36.0 Å². The number of alkyl halides is 3. The van der Waals surface area contributed by atoms with Gasteiger partial charge in [0.2, 0.25) is 0 Å². The molecule has 1 heterocycles. The summed E-state index contributed by atoms with van der Waals surface area (Å²) in [4.78, 5) is 10.9. The number of allylic oxidation sites excluding steroid dienone is 3. The molecular weight excluding hydrogens is 247 g/mol. The molecular formula is C12H14F3NO2. The fourth-order valence-corrected chi connectivity index (χ4v) is 1.67. The Balaban J connectivity index is 3.10. The van der Waals surface area contributed by atoms with Gasteiger partial charge in [0.1, 0.15) is 6.10 Å². The van der Waals surface area contributed by atoms with Gasteiger partial charge in [-0.15, -0.1) is 0 Å². The largest absolute Gasteiger partial charge is 0.439 e. The summed E-state index contributed by atoms with van der Waals surface area (Å²) < 4.78 is 43.5. The Kier molecular flexibility index (Phi) is 4.58. The van der Waals surface area contributed by atoms with E-state index >= 15 is 0 Å². The number of cyclic esters (lactones) is 1. The summed E-state index contributed by atoms with van der Waals surface area (Å²) in [6.45, 7) is 5.02. The summed E-state index contributed by atoms with van der Waals surface area (Å²) in [7, 11) is 0. The highest BCUT2D eigenvalue weighted by molar-refractivity contribution is 5.70. The molecule has 1 atom stereocenters. The number of hydrogen-bond acceptors (Lipinski definition) is 2. The molecule has 0 aromatic rings. The summed E-state index contributed by atoms with van der Waals surface area (Å²) in [5, 5.41) is 2.33. The lowest BCUT2D eigenvalue weighted by Gasteiger charge is -2.18. The van der Waals surface area contributed by atoms with Gasteiger partial charge in [-0.25, -0.2) is 4.79 Å². The molecule has 1 unspecified atom stereocenters. The van der Waals surface area contributed by atoms with Crippen molar-refractivity contribution in [3.63, 3.8) is 0 Å². The molecule has 0 saturated carbocycles. The predicted molar refractivity (Wildman–Crippen MR) is 61.0 cm³/mol. The van der Waals surface area contributed by atoms with Crippen LogP contribution in [-0.2, 0) is 4.74 Å². The molecule has 6 heteroatoms. The van der Waals surface area contributed by atoms with Crippen LogP contribution in [0.15, 0.2) is 36.0 Å². The second-order valence-electron chi connectivity index (χ2n) is 3.66. The van der Waals surface area contributed by atoms with Crippen LogP contribution in [0.3, 0.4) is 0 Å². The van der Waals surface area contributed by atoms with E-state index in [-0.39, 0.29) is 12.1 Å². The summed E-state index contributed by atoms with van der Waals surface area (Å²) in [6, 6.07) is 0. The summed E-state index contributed by atoms with van der Waals surface area (Å²) in [5.41, 5.74) is -0.871. The molecule has 1 aliphatic rings. The molecule has 3 nitrogen and oxygen atoms in total. The topological polar surface area (TPSA) is 38.3 Å². The number of nitrogens with one attached hydrogen (secondary N) is 1. The van der Waals surface area contributed by atoms with Gasteiger partial charge in [-0.2, -0.15) is 13.2 Å². The predicted octanol–water partition coefficient (Wildman–Crippen LogP) is 3.11. The summed E-state index contributed by atoms with van der Waals surface area (Å²) in [6.07, 6.45) is -2.36. The molecule has 1 rings (SSSR count). The standard InChI is InChI=1S/C12H14F3NO2/c1-3-5-8(10-7-16-11(17)18-10)9(6-4-2)12(13,14)15/h4-6,10H,2-3,7H2,1H3,(H,16,17)/b8-5+,9-6+. The van der Waals surface area contributed by atoms with Gasteiger partial charge < -0.3 is 10.1 Å². The minimum Gasteiger partial charge on any atom is -0.439 e. The van der Waals surface area contributed by atoms with E-state index in [1.54, 1.807) is 6.92 Å². The van der Waals surface area contributed by atoms with Crippen LogP contribution in [0, 0.1) is 0 Å². The van der Waals surface area contributed by atoms with E-state index in [4.69, 9.17) is 4.74 Å². The number of hydrogen-bond donors (Lipinski definition) is 1. The lowest BCUT2D eigenvalue weighted by molar-refractivity contribution is -0.0906. The van der Waals surface area contributed by atoms with Crippen LogP contribution in [0.1, 0.15) is 13.3 Å². The van der Waals surface area contributed by atoms with Gasteiger partial charge in [-0.1, -0.05) is 31.7 Å². The quantitative estimate of drug-likeness (QED) is 0.790. The van der Waals surface area contributed by atoms with Crippen molar-refractivity contribution in [2.24, 2.45) is 0 Å². The van der Waals surface area contributed by atoms with E-state index in [0.29, 0.717) is 6.42 Å². The van der Waals surface area contributed by atoms with Crippen LogP contribution < -0.4 is 5.32 Å². The zero-order valence-corrected chi connectivity index (χ0v) is 9.88. The minimum absolute atomic E-state index is 0.0369. The summed E-state index contributed by atoms with van der Waals surface area (Å²) >= 11 is 0. The van der Waals surface area contributed by atoms with Gasteiger partial charge in [0.05, 0.1) is 12.1 Å². The molecule has 0 aliphatic carbocycles. The maximum absolute atomic E-state index is 12.9. The van der Waals surface area contributed by atoms with Gasteiger partial charge >= 0.3 is 12.3 Å². The fraction of sp³-hybridized carbons (Fsp3) is 0.417. The molecule has 1 N–H and O–H groups in total. The third kappa shape index (κ3) is 3.38. The molecule has 1 fully saturated rings. The zero-order chi connectivity index (χ0) is 13.8. The SMILES string of the molecule is C=C/C=C(\C(=C/CC)C1CNC(=O)O1)C(F)(F)F. The van der Waals surface area contributed by atoms with Crippen LogP contribution >= 0.6 is 0 Å². The Hall–Kier alpha value is -1.72. The number of ether oxygens (including phenoxy) is 1. The van der Waals surface area contributed by atoms with Crippen LogP contribution in [0.5, 0.6) is 0 Å². The normalized spacial score (nSPS) is 21.6. The van der Waals surface area contributed by atoms with E-state index in [1.807, 2.05) is 0 Å². The van der Waals surface area contributed by atoms with Crippen LogP contribution in [-0.4, -0.2) is 24.9 Å². The molecule has 1 amide bonds. The van der Waals surface area contributed by atoms with Crippen molar-refractivity contribution >= 4 is 6.09 Å². The van der Waals surface area contributed by atoms with Crippen LogP contribution in [0.2, 0.25) is 0 Å². The number of alkyl carbamates (subject to hydrolysis) is 1. The van der Waals surface area contributed by atoms with E-state index in [9.17, 15) is 18.0 Å². The van der Waals surface area contributed by atoms with Crippen molar-refractivity contribution in [1.82, 2.24) is 5.32 Å². The Labute approximate surface area is 103 Å². The third-order valence-electron chi connectivity index (χ3n) is 2.35. The maximum atomic E-state index is 12.9. The Morgan fingerprint density at radius 2 is 2.28 bits per heavy atom. The average Bonchev–Trinajstić information content (AvgIpc) is 2.68. The van der Waals surface area contributed by atoms with Gasteiger partial charge in [0, 0.05) is 5.57 Å². The molecule has 1 saturated heterocycles. The lowest BCUT2D eigenvalue weighted by Crippen LogP contribution is -2.24. The van der Waals surface area contributed by atoms with E-state index in [1.165, 1.54) is 6.08 Å². The number of carbonyl (C=O) groups is 1. The highest BCUT2D eigenvalue weighted by atomic mass is 19.4. The lowest BCUT2D eigenvalue weighted by atomic mass is 9.98. The number of halogens is 3. The Morgan fingerprint density at radius 1 is 1.61 bits per heavy atom. The maximum Gasteiger partial charge on any atom is 0.416 e. The van der Waals surface area contributed by atoms with Crippen LogP contribution in [0.25, 0.3) is 0 Å². The Morgan fingerprint density at radius 3 is 2.67 bits per heavy atom. The molecule has 0 spiro atoms. The molecule has 0 aromatic carbocycles. The van der Waals surface area contributed by atoms with E-state index < -0.39 is 23.9 Å². The number of rotatable bonds is 4. The highest BCUT2D eigenvalue weighted by Gasteiger charge is 2.40. The summed E-state index contributed by atoms with van der Waals surface area (Å²) in [5.74, 6) is 0. The third-order valence-corrected chi connectivity index (χ3v) is 2.35. The zero-order valence-electron chi connectivity index (χ0n) is 9.88. The molecule has 18 heavy (non-hydrogen) atoms. The first-order valence-corrected chi connectivity index (χ1v) is 5.45. The first kappa shape index (κ1) is 14.3. The smallest absolute Gasteiger partial charge is 0.416 e. The number of amides is 1. The van der Waals surface area contributed by atoms with Crippen molar-refractivity contribution in [2.45, 2.75) is 25.6 Å². The Bertz CT molecular complexity index is 397. The first-order chi connectivity index (χ1) is 8.40. The minimum atomic E-state index is -4.51. The first-order valence-electron chi connectivity index (χ1n) is 5.45. The van der Waals surface area contributed by atoms with Crippen molar-refractivity contribution in [1.29, 1.82) is 0 Å². The molecule has 0 bridgehead atoms. The molecule has 100 valence electrons. The molecule has 1 aliphatic heterocycles. The van der Waals surface area contributed by atoms with Crippen molar-refractivity contribution in [3.8, 4) is 0 Å². The molecule has 0 aromatic heterocycles. The molecule has 0 radical (unpaired) electrons. The second kappa shape index (κ2) is 5.75. The van der Waals surface area contributed by atoms with Crippen molar-refractivity contribution < 1.29 is 22.7 Å². The van der Waals surface area contributed by atoms with Gasteiger partial charge in [-0.3, -0.25) is 0 Å². The second-order valence-corrected chi connectivity index (χ2v) is 3.66. The average molecular weight is 261 g/mol. The van der Waals surface area contributed by atoms with Gasteiger partial charge in [-0.05, 0) is 6.42 Å². The van der Waals surface area contributed by atoms with Gasteiger partial charge in [0.25, 0.3) is 0 Å². The monoisotopic (exact) mass is 261 g/mol. The van der Waals surface area contributed by atoms with Crippen molar-refractivity contribution in [2.75, 3.05) is 6.54 Å². The van der Waals surface area contributed by atoms with Crippen LogP contribution in [0.4, 0.5) is 18.0 Å². The van der Waals surface area contributed by atoms with E-state index in [0.717, 1.165) is 12.2 Å². The number of carbonyl (C=O) groups excluding carboxylic acids is 1. The van der Waals surface area contributed by atoms with Gasteiger partial charge in [0.15, 0.2) is 0 Å². The highest BCUT2D eigenvalue weighted by Crippen LogP contribution is 2.34.